The van der Waals surface area contributed by atoms with E-state index in [-0.39, 0.29) is 17.2 Å². The van der Waals surface area contributed by atoms with Gasteiger partial charge < -0.3 is 9.88 Å². The highest BCUT2D eigenvalue weighted by atomic mass is 32.1. The lowest BCUT2D eigenvalue weighted by Crippen LogP contribution is -2.29. The number of benzene rings is 1. The third kappa shape index (κ3) is 4.80. The van der Waals surface area contributed by atoms with Crippen molar-refractivity contribution in [3.05, 3.63) is 65.4 Å². The number of nitrogens with one attached hydrogen (secondary N) is 2. The number of thiazole rings is 1. The number of aryl methyl sites for hydroxylation is 1. The number of anilines is 1. The average Bonchev–Trinajstić information content (AvgIpc) is 3.46. The maximum absolute atomic E-state index is 13.9. The average molecular weight is 469 g/mol. The van der Waals surface area contributed by atoms with Crippen molar-refractivity contribution in [2.45, 2.75) is 39.8 Å². The highest BCUT2D eigenvalue weighted by molar-refractivity contribution is 7.22. The Labute approximate surface area is 194 Å². The molecule has 0 aliphatic heterocycles. The molecule has 3 aromatic heterocycles. The van der Waals surface area contributed by atoms with E-state index in [4.69, 9.17) is 0 Å². The van der Waals surface area contributed by atoms with E-state index in [1.807, 2.05) is 49.9 Å². The van der Waals surface area contributed by atoms with E-state index in [2.05, 4.69) is 20.7 Å². The van der Waals surface area contributed by atoms with E-state index in [0.717, 1.165) is 11.3 Å². The molecule has 172 valence electrons. The Bertz CT molecular complexity index is 1320. The van der Waals surface area contributed by atoms with Gasteiger partial charge in [0.25, 0.3) is 11.8 Å². The summed E-state index contributed by atoms with van der Waals surface area (Å²) in [5.41, 5.74) is 0.986. The van der Waals surface area contributed by atoms with Gasteiger partial charge in [-0.1, -0.05) is 17.4 Å². The molecule has 1 aromatic carbocycles. The Hall–Kier alpha value is -3.53. The number of halogens is 1. The van der Waals surface area contributed by atoms with Crippen LogP contribution in [0.1, 0.15) is 47.2 Å². The molecule has 2 N–H and O–H groups in total. The molecular formula is C23H25FN6O2S. The number of carbonyl (C=O) groups excluding carboxylic acids is 2. The van der Waals surface area contributed by atoms with E-state index in [0.29, 0.717) is 34.1 Å². The lowest BCUT2D eigenvalue weighted by Gasteiger charge is -2.19. The summed E-state index contributed by atoms with van der Waals surface area (Å²) in [4.78, 5) is 30.0. The van der Waals surface area contributed by atoms with E-state index in [9.17, 15) is 14.0 Å². The molecule has 0 spiro atoms. The van der Waals surface area contributed by atoms with Crippen LogP contribution in [0.4, 0.5) is 9.52 Å². The summed E-state index contributed by atoms with van der Waals surface area (Å²) < 4.78 is 18.1. The first kappa shape index (κ1) is 22.7. The summed E-state index contributed by atoms with van der Waals surface area (Å²) in [6, 6.07) is 8.15. The van der Waals surface area contributed by atoms with Crippen LogP contribution in [0, 0.1) is 12.7 Å². The Morgan fingerprint density at radius 3 is 2.55 bits per heavy atom. The predicted octanol–water partition coefficient (Wildman–Crippen LogP) is 4.18. The van der Waals surface area contributed by atoms with Gasteiger partial charge in [-0.25, -0.2) is 9.07 Å². The molecule has 4 rings (SSSR count). The Kier molecular flexibility index (Phi) is 6.03. The standard InChI is InChI=1S/C23H25FN6O2S/c1-14-7-8-15(13-16(14)24)20(31)27-22-26-19-18(33-22)17(28-30(19)23(2,3)4)21(32)25-9-12-29-10-5-6-11-29/h5-8,10-11,13H,9,12H2,1-4H3,(H,25,32)(H,26,27,31). The summed E-state index contributed by atoms with van der Waals surface area (Å²) in [5.74, 6) is -1.23. The normalized spacial score (nSPS) is 11.7. The Balaban J connectivity index is 1.59. The molecule has 0 saturated heterocycles. The van der Waals surface area contributed by atoms with Gasteiger partial charge in [-0.05, 0) is 57.5 Å². The number of hydrogen-bond acceptors (Lipinski definition) is 5. The maximum Gasteiger partial charge on any atom is 0.273 e. The zero-order valence-corrected chi connectivity index (χ0v) is 19.7. The number of hydrogen-bond donors (Lipinski definition) is 2. The fourth-order valence-corrected chi connectivity index (χ4v) is 4.20. The number of carbonyl (C=O) groups is 2. The minimum Gasteiger partial charge on any atom is -0.353 e. The second-order valence-electron chi connectivity index (χ2n) is 8.70. The van der Waals surface area contributed by atoms with E-state index < -0.39 is 17.3 Å². The van der Waals surface area contributed by atoms with E-state index in [1.165, 1.54) is 6.07 Å². The van der Waals surface area contributed by atoms with Gasteiger partial charge in [0, 0.05) is 31.0 Å². The van der Waals surface area contributed by atoms with Gasteiger partial charge in [-0.3, -0.25) is 14.9 Å². The molecule has 0 saturated carbocycles. The van der Waals surface area contributed by atoms with Gasteiger partial charge in [0.05, 0.1) is 5.54 Å². The predicted molar refractivity (Wildman–Crippen MR) is 126 cm³/mol. The van der Waals surface area contributed by atoms with Crippen molar-refractivity contribution in [1.82, 2.24) is 24.6 Å². The van der Waals surface area contributed by atoms with Crippen molar-refractivity contribution in [3.8, 4) is 0 Å². The summed E-state index contributed by atoms with van der Waals surface area (Å²) in [6.45, 7) is 8.59. The zero-order valence-electron chi connectivity index (χ0n) is 18.8. The quantitative estimate of drug-likeness (QED) is 0.444. The minimum absolute atomic E-state index is 0.192. The van der Waals surface area contributed by atoms with E-state index >= 15 is 0 Å². The smallest absolute Gasteiger partial charge is 0.273 e. The van der Waals surface area contributed by atoms with Crippen molar-refractivity contribution in [2.24, 2.45) is 0 Å². The summed E-state index contributed by atoms with van der Waals surface area (Å²) >= 11 is 1.16. The Morgan fingerprint density at radius 2 is 1.88 bits per heavy atom. The molecule has 0 unspecified atom stereocenters. The topological polar surface area (TPSA) is 93.8 Å². The van der Waals surface area contributed by atoms with Crippen molar-refractivity contribution >= 4 is 38.6 Å². The number of aromatic nitrogens is 4. The molecular weight excluding hydrogens is 443 g/mol. The van der Waals surface area contributed by atoms with Crippen LogP contribution in [0.15, 0.2) is 42.7 Å². The molecule has 3 heterocycles. The largest absolute Gasteiger partial charge is 0.353 e. The Morgan fingerprint density at radius 1 is 1.15 bits per heavy atom. The zero-order chi connectivity index (χ0) is 23.8. The molecule has 0 aliphatic carbocycles. The highest BCUT2D eigenvalue weighted by Gasteiger charge is 2.27. The van der Waals surface area contributed by atoms with Crippen LogP contribution >= 0.6 is 11.3 Å². The lowest BCUT2D eigenvalue weighted by molar-refractivity contribution is 0.0946. The third-order valence-corrected chi connectivity index (χ3v) is 6.02. The number of amides is 2. The fourth-order valence-electron chi connectivity index (χ4n) is 3.28. The summed E-state index contributed by atoms with van der Waals surface area (Å²) in [6.07, 6.45) is 3.85. The SMILES string of the molecule is Cc1ccc(C(=O)Nc2nc3c(s2)c(C(=O)NCCn2cccc2)nn3C(C)(C)C)cc1F. The van der Waals surface area contributed by atoms with Crippen molar-refractivity contribution < 1.29 is 14.0 Å². The van der Waals surface area contributed by atoms with Crippen LogP contribution in [-0.2, 0) is 12.1 Å². The van der Waals surface area contributed by atoms with E-state index in [1.54, 1.807) is 23.7 Å². The van der Waals surface area contributed by atoms with Crippen LogP contribution < -0.4 is 10.6 Å². The second kappa shape index (κ2) is 8.78. The number of nitrogens with zero attached hydrogens (tertiary/aromatic N) is 4. The van der Waals surface area contributed by atoms with Gasteiger partial charge in [-0.2, -0.15) is 10.1 Å². The molecule has 8 nitrogen and oxygen atoms in total. The first-order chi connectivity index (χ1) is 15.6. The molecule has 0 aliphatic rings. The summed E-state index contributed by atoms with van der Waals surface area (Å²) in [7, 11) is 0. The molecule has 0 bridgehead atoms. The second-order valence-corrected chi connectivity index (χ2v) is 9.70. The van der Waals surface area contributed by atoms with Gasteiger partial charge in [-0.15, -0.1) is 0 Å². The van der Waals surface area contributed by atoms with Gasteiger partial charge >= 0.3 is 0 Å². The monoisotopic (exact) mass is 468 g/mol. The van der Waals surface area contributed by atoms with Crippen molar-refractivity contribution in [2.75, 3.05) is 11.9 Å². The fraction of sp³-hybridized carbons (Fsp3) is 0.304. The molecule has 2 amide bonds. The minimum atomic E-state index is -0.474. The van der Waals surface area contributed by atoms with Gasteiger partial charge in [0.15, 0.2) is 16.5 Å². The molecule has 10 heteroatoms. The van der Waals surface area contributed by atoms with Crippen LogP contribution in [0.3, 0.4) is 0 Å². The molecule has 0 atom stereocenters. The first-order valence-corrected chi connectivity index (χ1v) is 11.3. The molecule has 0 radical (unpaired) electrons. The van der Waals surface area contributed by atoms with Gasteiger partial charge in [0.1, 0.15) is 10.5 Å². The number of fused-ring (bicyclic) bond motifs is 1. The maximum atomic E-state index is 13.9. The first-order valence-electron chi connectivity index (χ1n) is 10.5. The molecule has 4 aromatic rings. The molecule has 0 fully saturated rings. The van der Waals surface area contributed by atoms with Crippen molar-refractivity contribution in [1.29, 1.82) is 0 Å². The lowest BCUT2D eigenvalue weighted by atomic mass is 10.1. The number of rotatable bonds is 6. The molecule has 33 heavy (non-hydrogen) atoms. The van der Waals surface area contributed by atoms with Gasteiger partial charge in [0.2, 0.25) is 0 Å². The van der Waals surface area contributed by atoms with Crippen LogP contribution in [0.25, 0.3) is 10.3 Å². The third-order valence-electron chi connectivity index (χ3n) is 5.05. The van der Waals surface area contributed by atoms with Crippen molar-refractivity contribution in [3.63, 3.8) is 0 Å². The highest BCUT2D eigenvalue weighted by Crippen LogP contribution is 2.32. The summed E-state index contributed by atoms with van der Waals surface area (Å²) in [5, 5.41) is 10.4. The van der Waals surface area contributed by atoms with Crippen LogP contribution in [0.5, 0.6) is 0 Å². The van der Waals surface area contributed by atoms with Crippen LogP contribution in [-0.4, -0.2) is 37.7 Å². The van der Waals surface area contributed by atoms with Crippen LogP contribution in [0.2, 0.25) is 0 Å².